The molecule has 1 aromatic rings. The average Bonchev–Trinajstić information content (AvgIpc) is 2.81. The van der Waals surface area contributed by atoms with E-state index in [9.17, 15) is 0 Å². The number of nitrogens with two attached hydrogens (primary N) is 1. The summed E-state index contributed by atoms with van der Waals surface area (Å²) in [6.07, 6.45) is 6.87. The van der Waals surface area contributed by atoms with E-state index in [-0.39, 0.29) is 0 Å². The van der Waals surface area contributed by atoms with Crippen LogP contribution in [-0.4, -0.2) is 11.8 Å². The molecule has 0 spiro atoms. The lowest BCUT2D eigenvalue weighted by Gasteiger charge is -2.16. The van der Waals surface area contributed by atoms with E-state index in [0.717, 1.165) is 11.7 Å². The first-order valence-corrected chi connectivity index (χ1v) is 7.68. The molecule has 1 saturated carbocycles. The van der Waals surface area contributed by atoms with E-state index in [1.807, 2.05) is 11.8 Å². The van der Waals surface area contributed by atoms with Gasteiger partial charge in [0, 0.05) is 16.7 Å². The van der Waals surface area contributed by atoms with E-state index in [4.69, 9.17) is 5.73 Å². The summed E-state index contributed by atoms with van der Waals surface area (Å²) in [4.78, 5) is 1.38. The topological polar surface area (TPSA) is 26.0 Å². The number of benzene rings is 1. The van der Waals surface area contributed by atoms with Crippen molar-refractivity contribution in [3.63, 3.8) is 0 Å². The summed E-state index contributed by atoms with van der Waals surface area (Å²) < 4.78 is 0. The van der Waals surface area contributed by atoms with Crippen molar-refractivity contribution < 1.29 is 0 Å². The van der Waals surface area contributed by atoms with Crippen molar-refractivity contribution in [2.75, 3.05) is 5.75 Å². The van der Waals surface area contributed by atoms with Crippen molar-refractivity contribution in [1.82, 2.24) is 0 Å². The SMILES string of the molecule is Cc1ccccc1SCC(N)CC1CCCC1. The van der Waals surface area contributed by atoms with Crippen LogP contribution in [0.2, 0.25) is 0 Å². The van der Waals surface area contributed by atoms with Crippen molar-refractivity contribution in [2.45, 2.75) is 50.0 Å². The van der Waals surface area contributed by atoms with Crippen LogP contribution in [0.5, 0.6) is 0 Å². The Morgan fingerprint density at radius 1 is 1.29 bits per heavy atom. The van der Waals surface area contributed by atoms with Gasteiger partial charge in [-0.3, -0.25) is 0 Å². The predicted molar refractivity (Wildman–Crippen MR) is 76.5 cm³/mol. The van der Waals surface area contributed by atoms with Gasteiger partial charge in [-0.25, -0.2) is 0 Å². The molecule has 0 amide bonds. The summed E-state index contributed by atoms with van der Waals surface area (Å²) in [7, 11) is 0. The van der Waals surface area contributed by atoms with Gasteiger partial charge >= 0.3 is 0 Å². The number of hydrogen-bond acceptors (Lipinski definition) is 2. The number of thioether (sulfide) groups is 1. The molecule has 2 heteroatoms. The van der Waals surface area contributed by atoms with Crippen LogP contribution >= 0.6 is 11.8 Å². The highest BCUT2D eigenvalue weighted by atomic mass is 32.2. The van der Waals surface area contributed by atoms with Gasteiger partial charge in [0.2, 0.25) is 0 Å². The number of hydrogen-bond donors (Lipinski definition) is 1. The molecule has 1 fully saturated rings. The molecule has 1 nitrogen and oxygen atoms in total. The third-order valence-corrected chi connectivity index (χ3v) is 5.02. The van der Waals surface area contributed by atoms with Gasteiger partial charge in [-0.2, -0.15) is 0 Å². The lowest BCUT2D eigenvalue weighted by atomic mass is 10.00. The molecule has 0 aromatic heterocycles. The minimum absolute atomic E-state index is 0.364. The van der Waals surface area contributed by atoms with Crippen molar-refractivity contribution in [3.05, 3.63) is 29.8 Å². The Balaban J connectivity index is 1.75. The summed E-state index contributed by atoms with van der Waals surface area (Å²) in [6.45, 7) is 2.17. The van der Waals surface area contributed by atoms with Gasteiger partial charge in [0.1, 0.15) is 0 Å². The third-order valence-electron chi connectivity index (χ3n) is 3.66. The molecule has 94 valence electrons. The zero-order valence-electron chi connectivity index (χ0n) is 10.7. The molecule has 1 aliphatic rings. The lowest BCUT2D eigenvalue weighted by molar-refractivity contribution is 0.462. The zero-order valence-corrected chi connectivity index (χ0v) is 11.5. The molecular formula is C15H23NS. The average molecular weight is 249 g/mol. The Labute approximate surface area is 109 Å². The second kappa shape index (κ2) is 6.46. The van der Waals surface area contributed by atoms with Crippen LogP contribution in [0.25, 0.3) is 0 Å². The minimum atomic E-state index is 0.364. The second-order valence-electron chi connectivity index (χ2n) is 5.22. The van der Waals surface area contributed by atoms with Crippen LogP contribution in [0.15, 0.2) is 29.2 Å². The first-order valence-electron chi connectivity index (χ1n) is 6.69. The van der Waals surface area contributed by atoms with Crippen molar-refractivity contribution in [2.24, 2.45) is 11.7 Å². The van der Waals surface area contributed by atoms with Crippen LogP contribution in [0, 0.1) is 12.8 Å². The molecule has 0 aliphatic heterocycles. The highest BCUT2D eigenvalue weighted by Gasteiger charge is 2.18. The summed E-state index contributed by atoms with van der Waals surface area (Å²) in [6, 6.07) is 8.94. The largest absolute Gasteiger partial charge is 0.327 e. The van der Waals surface area contributed by atoms with E-state index in [1.54, 1.807) is 0 Å². The van der Waals surface area contributed by atoms with E-state index in [0.29, 0.717) is 6.04 Å². The van der Waals surface area contributed by atoms with Gasteiger partial charge in [0.05, 0.1) is 0 Å². The molecule has 1 unspecified atom stereocenters. The molecule has 0 saturated heterocycles. The Morgan fingerprint density at radius 2 is 2.00 bits per heavy atom. The maximum Gasteiger partial charge on any atom is 0.0136 e. The molecular weight excluding hydrogens is 226 g/mol. The Hall–Kier alpha value is -0.470. The fourth-order valence-electron chi connectivity index (χ4n) is 2.66. The highest BCUT2D eigenvalue weighted by molar-refractivity contribution is 7.99. The lowest BCUT2D eigenvalue weighted by Crippen LogP contribution is -2.25. The number of aryl methyl sites for hydroxylation is 1. The fraction of sp³-hybridized carbons (Fsp3) is 0.600. The van der Waals surface area contributed by atoms with Gasteiger partial charge in [0.25, 0.3) is 0 Å². The molecule has 17 heavy (non-hydrogen) atoms. The molecule has 2 N–H and O–H groups in total. The van der Waals surface area contributed by atoms with Crippen LogP contribution in [0.1, 0.15) is 37.7 Å². The van der Waals surface area contributed by atoms with Crippen LogP contribution in [0.3, 0.4) is 0 Å². The minimum Gasteiger partial charge on any atom is -0.327 e. The summed E-state index contributed by atoms with van der Waals surface area (Å²) in [5.74, 6) is 1.96. The van der Waals surface area contributed by atoms with Gasteiger partial charge in [-0.1, -0.05) is 43.9 Å². The quantitative estimate of drug-likeness (QED) is 0.798. The zero-order chi connectivity index (χ0) is 12.1. The van der Waals surface area contributed by atoms with E-state index in [1.165, 1.54) is 42.6 Å². The molecule has 1 atom stereocenters. The number of rotatable bonds is 5. The molecule has 2 rings (SSSR count). The van der Waals surface area contributed by atoms with Crippen molar-refractivity contribution in [3.8, 4) is 0 Å². The summed E-state index contributed by atoms with van der Waals surface area (Å²) >= 11 is 1.91. The predicted octanol–water partition coefficient (Wildman–Crippen LogP) is 3.99. The summed E-state index contributed by atoms with van der Waals surface area (Å²) in [5.41, 5.74) is 7.60. The van der Waals surface area contributed by atoms with Crippen molar-refractivity contribution in [1.29, 1.82) is 0 Å². The van der Waals surface area contributed by atoms with E-state index < -0.39 is 0 Å². The molecule has 1 aromatic carbocycles. The van der Waals surface area contributed by atoms with E-state index >= 15 is 0 Å². The molecule has 0 bridgehead atoms. The summed E-state index contributed by atoms with van der Waals surface area (Å²) in [5, 5.41) is 0. The highest BCUT2D eigenvalue weighted by Crippen LogP contribution is 2.30. The normalized spacial score (nSPS) is 18.5. The third kappa shape index (κ3) is 4.04. The Bertz CT molecular complexity index is 345. The fourth-order valence-corrected chi connectivity index (χ4v) is 3.66. The van der Waals surface area contributed by atoms with Gasteiger partial charge in [0.15, 0.2) is 0 Å². The molecule has 1 aliphatic carbocycles. The molecule has 0 radical (unpaired) electrons. The maximum atomic E-state index is 6.23. The van der Waals surface area contributed by atoms with Gasteiger partial charge in [-0.15, -0.1) is 11.8 Å². The maximum absolute atomic E-state index is 6.23. The first-order chi connectivity index (χ1) is 8.25. The second-order valence-corrected chi connectivity index (χ2v) is 6.28. The van der Waals surface area contributed by atoms with E-state index in [2.05, 4.69) is 31.2 Å². The molecule has 0 heterocycles. The Kier molecular flexibility index (Phi) is 4.93. The smallest absolute Gasteiger partial charge is 0.0136 e. The van der Waals surface area contributed by atoms with Crippen LogP contribution in [0.4, 0.5) is 0 Å². The monoisotopic (exact) mass is 249 g/mol. The van der Waals surface area contributed by atoms with Gasteiger partial charge in [-0.05, 0) is 30.9 Å². The Morgan fingerprint density at radius 3 is 2.71 bits per heavy atom. The van der Waals surface area contributed by atoms with Crippen LogP contribution < -0.4 is 5.73 Å². The van der Waals surface area contributed by atoms with Crippen molar-refractivity contribution >= 4 is 11.8 Å². The van der Waals surface area contributed by atoms with Crippen LogP contribution in [-0.2, 0) is 0 Å². The van der Waals surface area contributed by atoms with Gasteiger partial charge < -0.3 is 5.73 Å². The first kappa shape index (κ1) is 13.0. The standard InChI is InChI=1S/C15H23NS/c1-12-6-2-5-9-15(12)17-11-14(16)10-13-7-3-4-8-13/h2,5-6,9,13-14H,3-4,7-8,10-11,16H2,1H3.